The zero-order chi connectivity index (χ0) is 15.3. The van der Waals surface area contributed by atoms with Gasteiger partial charge in [0.1, 0.15) is 11.6 Å². The van der Waals surface area contributed by atoms with E-state index in [-0.39, 0.29) is 11.3 Å². The van der Waals surface area contributed by atoms with Gasteiger partial charge in [-0.2, -0.15) is 13.2 Å². The van der Waals surface area contributed by atoms with E-state index >= 15 is 0 Å². The monoisotopic (exact) mass is 289 g/mol. The molecule has 3 N–H and O–H groups in total. The Morgan fingerprint density at radius 1 is 1.35 bits per heavy atom. The minimum atomic E-state index is -4.46. The van der Waals surface area contributed by atoms with Crippen LogP contribution in [0, 0.1) is 5.41 Å². The van der Waals surface area contributed by atoms with Crippen LogP contribution in [0.3, 0.4) is 0 Å². The highest BCUT2D eigenvalue weighted by atomic mass is 19.4. The second kappa shape index (κ2) is 6.60. The van der Waals surface area contributed by atoms with Crippen LogP contribution >= 0.6 is 0 Å². The molecule has 0 spiro atoms. The van der Waals surface area contributed by atoms with E-state index in [4.69, 9.17) is 15.9 Å². The molecule has 7 heteroatoms. The molecule has 0 atom stereocenters. The van der Waals surface area contributed by atoms with Gasteiger partial charge in [-0.3, -0.25) is 5.41 Å². The van der Waals surface area contributed by atoms with Gasteiger partial charge in [0.15, 0.2) is 0 Å². The molecule has 0 aromatic heterocycles. The third kappa shape index (κ3) is 4.73. The maximum absolute atomic E-state index is 12.6. The zero-order valence-corrected chi connectivity index (χ0v) is 11.4. The fourth-order valence-corrected chi connectivity index (χ4v) is 1.61. The van der Waals surface area contributed by atoms with E-state index in [9.17, 15) is 13.2 Å². The van der Waals surface area contributed by atoms with Crippen molar-refractivity contribution in [2.75, 3.05) is 27.2 Å². The fraction of sp³-hybridized carbons (Fsp3) is 0.462. The topological polar surface area (TPSA) is 62.3 Å². The van der Waals surface area contributed by atoms with Crippen LogP contribution < -0.4 is 10.5 Å². The molecule has 0 saturated carbocycles. The van der Waals surface area contributed by atoms with Crippen LogP contribution in [0.5, 0.6) is 5.75 Å². The Morgan fingerprint density at radius 3 is 2.50 bits per heavy atom. The Bertz CT molecular complexity index is 472. The van der Waals surface area contributed by atoms with Crippen LogP contribution in [0.25, 0.3) is 0 Å². The maximum atomic E-state index is 12.6. The number of ether oxygens (including phenoxy) is 1. The summed E-state index contributed by atoms with van der Waals surface area (Å²) in [5.74, 6) is -0.247. The van der Waals surface area contributed by atoms with Crippen molar-refractivity contribution >= 4 is 5.84 Å². The maximum Gasteiger partial charge on any atom is 0.416 e. The molecule has 0 fully saturated rings. The number of nitrogens with one attached hydrogen (secondary N) is 1. The molecule has 1 aromatic carbocycles. The summed E-state index contributed by atoms with van der Waals surface area (Å²) in [5.41, 5.74) is 4.43. The largest absolute Gasteiger partial charge is 0.493 e. The standard InChI is InChI=1S/C13H18F3N3O/c1-19(2)6-3-7-20-11-5-4-9(13(14,15)16)8-10(11)12(17)18/h4-5,8H,3,6-7H2,1-2H3,(H3,17,18). The van der Waals surface area contributed by atoms with Crippen molar-refractivity contribution in [1.29, 1.82) is 5.41 Å². The average molecular weight is 289 g/mol. The summed E-state index contributed by atoms with van der Waals surface area (Å²) < 4.78 is 43.2. The second-order valence-electron chi connectivity index (χ2n) is 4.63. The van der Waals surface area contributed by atoms with Gasteiger partial charge in [-0.15, -0.1) is 0 Å². The highest BCUT2D eigenvalue weighted by molar-refractivity contribution is 5.97. The quantitative estimate of drug-likeness (QED) is 0.480. The molecule has 0 heterocycles. The van der Waals surface area contributed by atoms with Crippen LogP contribution in [0.2, 0.25) is 0 Å². The summed E-state index contributed by atoms with van der Waals surface area (Å²) in [5, 5.41) is 7.35. The van der Waals surface area contributed by atoms with Gasteiger partial charge in [0, 0.05) is 6.54 Å². The molecule has 0 aliphatic heterocycles. The van der Waals surface area contributed by atoms with Crippen molar-refractivity contribution in [3.8, 4) is 5.75 Å². The zero-order valence-electron chi connectivity index (χ0n) is 11.4. The Morgan fingerprint density at radius 2 is 2.00 bits per heavy atom. The first-order valence-electron chi connectivity index (χ1n) is 6.05. The van der Waals surface area contributed by atoms with E-state index < -0.39 is 17.6 Å². The lowest BCUT2D eigenvalue weighted by Crippen LogP contribution is -2.18. The molecular weight excluding hydrogens is 271 g/mol. The normalized spacial score (nSPS) is 11.7. The number of benzene rings is 1. The van der Waals surface area contributed by atoms with Gasteiger partial charge in [0.2, 0.25) is 0 Å². The molecule has 0 amide bonds. The molecule has 0 radical (unpaired) electrons. The highest BCUT2D eigenvalue weighted by Gasteiger charge is 2.31. The Balaban J connectivity index is 2.83. The van der Waals surface area contributed by atoms with Crippen molar-refractivity contribution in [3.05, 3.63) is 29.3 Å². The average Bonchev–Trinajstić information content (AvgIpc) is 2.33. The Kier molecular flexibility index (Phi) is 5.38. The van der Waals surface area contributed by atoms with E-state index in [0.717, 1.165) is 25.1 Å². The molecule has 0 aliphatic carbocycles. The minimum Gasteiger partial charge on any atom is -0.493 e. The van der Waals surface area contributed by atoms with Crippen molar-refractivity contribution in [2.45, 2.75) is 12.6 Å². The van der Waals surface area contributed by atoms with Gasteiger partial charge in [-0.1, -0.05) is 0 Å². The first kappa shape index (κ1) is 16.3. The molecule has 0 bridgehead atoms. The van der Waals surface area contributed by atoms with Crippen molar-refractivity contribution in [2.24, 2.45) is 5.73 Å². The first-order chi connectivity index (χ1) is 9.21. The number of alkyl halides is 3. The van der Waals surface area contributed by atoms with Gasteiger partial charge in [0.25, 0.3) is 0 Å². The lowest BCUT2D eigenvalue weighted by atomic mass is 10.1. The number of nitrogens with two attached hydrogens (primary N) is 1. The summed E-state index contributed by atoms with van der Waals surface area (Å²) in [6.07, 6.45) is -3.74. The van der Waals surface area contributed by atoms with Crippen molar-refractivity contribution < 1.29 is 17.9 Å². The summed E-state index contributed by atoms with van der Waals surface area (Å²) in [6.45, 7) is 1.15. The summed E-state index contributed by atoms with van der Waals surface area (Å²) in [4.78, 5) is 1.97. The van der Waals surface area contributed by atoms with Gasteiger partial charge in [-0.05, 0) is 38.7 Å². The summed E-state index contributed by atoms with van der Waals surface area (Å²) in [7, 11) is 3.83. The number of nitrogens with zero attached hydrogens (tertiary/aromatic N) is 1. The molecule has 1 aromatic rings. The van der Waals surface area contributed by atoms with E-state index in [0.29, 0.717) is 6.61 Å². The molecule has 0 unspecified atom stereocenters. The molecule has 112 valence electrons. The van der Waals surface area contributed by atoms with Crippen LogP contribution in [0.15, 0.2) is 18.2 Å². The number of rotatable bonds is 6. The fourth-order valence-electron chi connectivity index (χ4n) is 1.61. The SMILES string of the molecule is CN(C)CCCOc1ccc(C(F)(F)F)cc1C(=N)N. The first-order valence-corrected chi connectivity index (χ1v) is 6.05. The summed E-state index contributed by atoms with van der Waals surface area (Å²) in [6, 6.07) is 2.96. The van der Waals surface area contributed by atoms with E-state index in [1.807, 2.05) is 19.0 Å². The lowest BCUT2D eigenvalue weighted by Gasteiger charge is -2.14. The van der Waals surface area contributed by atoms with E-state index in [2.05, 4.69) is 0 Å². The number of halogens is 3. The number of nitrogen functional groups attached to an aromatic ring is 1. The highest BCUT2D eigenvalue weighted by Crippen LogP contribution is 2.32. The van der Waals surface area contributed by atoms with Gasteiger partial charge < -0.3 is 15.4 Å². The smallest absolute Gasteiger partial charge is 0.416 e. The summed E-state index contributed by atoms with van der Waals surface area (Å²) >= 11 is 0. The van der Waals surface area contributed by atoms with Crippen LogP contribution in [0.1, 0.15) is 17.5 Å². The van der Waals surface area contributed by atoms with Crippen molar-refractivity contribution in [3.63, 3.8) is 0 Å². The molecule has 0 saturated heterocycles. The Hall–Kier alpha value is -1.76. The second-order valence-corrected chi connectivity index (χ2v) is 4.63. The van der Waals surface area contributed by atoms with Gasteiger partial charge in [0.05, 0.1) is 17.7 Å². The van der Waals surface area contributed by atoms with E-state index in [1.165, 1.54) is 6.07 Å². The lowest BCUT2D eigenvalue weighted by molar-refractivity contribution is -0.137. The predicted octanol–water partition coefficient (Wildman–Crippen LogP) is 2.32. The third-order valence-corrected chi connectivity index (χ3v) is 2.60. The van der Waals surface area contributed by atoms with Crippen molar-refractivity contribution in [1.82, 2.24) is 4.90 Å². The number of amidine groups is 1. The molecular formula is C13H18F3N3O. The molecule has 4 nitrogen and oxygen atoms in total. The van der Waals surface area contributed by atoms with Crippen LogP contribution in [-0.4, -0.2) is 38.0 Å². The molecule has 0 aliphatic rings. The molecule has 1 rings (SSSR count). The minimum absolute atomic E-state index is 0.0373. The number of hydrogen-bond donors (Lipinski definition) is 2. The number of hydrogen-bond acceptors (Lipinski definition) is 3. The predicted molar refractivity (Wildman–Crippen MR) is 71.1 cm³/mol. The van der Waals surface area contributed by atoms with Crippen LogP contribution in [0.4, 0.5) is 13.2 Å². The molecule has 20 heavy (non-hydrogen) atoms. The van der Waals surface area contributed by atoms with Crippen LogP contribution in [-0.2, 0) is 6.18 Å². The van der Waals surface area contributed by atoms with E-state index in [1.54, 1.807) is 0 Å². The van der Waals surface area contributed by atoms with Gasteiger partial charge in [-0.25, -0.2) is 0 Å². The Labute approximate surface area is 115 Å². The third-order valence-electron chi connectivity index (χ3n) is 2.60. The van der Waals surface area contributed by atoms with Gasteiger partial charge >= 0.3 is 6.18 Å².